The zero-order valence-corrected chi connectivity index (χ0v) is 24.1. The molecule has 4 heteroatoms. The minimum atomic E-state index is -2.03. The van der Waals surface area contributed by atoms with Crippen molar-refractivity contribution in [3.05, 3.63) is 76.9 Å². The Morgan fingerprint density at radius 1 is 0.688 bits per heavy atom. The minimum Gasteiger partial charge on any atom is -0.407 e. The first kappa shape index (κ1) is 24.7. The summed E-state index contributed by atoms with van der Waals surface area (Å²) in [5, 5.41) is 0. The molecular weight excluding hydrogens is 420 g/mol. The second-order valence-corrected chi connectivity index (χ2v) is 21.6. The number of hydrogen-bond donors (Lipinski definition) is 0. The summed E-state index contributed by atoms with van der Waals surface area (Å²) in [7, 11) is -3.67. The van der Waals surface area contributed by atoms with Crippen LogP contribution in [-0.2, 0) is 10.8 Å². The molecule has 0 saturated carbocycles. The van der Waals surface area contributed by atoms with Gasteiger partial charge >= 0.3 is 0 Å². The highest BCUT2D eigenvalue weighted by molar-refractivity contribution is 6.92. The highest BCUT2D eigenvalue weighted by Gasteiger charge is 2.42. The molecule has 0 N–H and O–H groups in total. The van der Waals surface area contributed by atoms with Gasteiger partial charge in [-0.05, 0) is 52.3 Å². The second-order valence-electron chi connectivity index (χ2n) is 12.7. The topological polar surface area (TPSA) is 15.6 Å². The molecule has 1 heterocycles. The molecule has 1 aliphatic rings. The largest absolute Gasteiger partial charge is 0.407 e. The van der Waals surface area contributed by atoms with Crippen molar-refractivity contribution in [2.45, 2.75) is 85.1 Å². The summed E-state index contributed by atoms with van der Waals surface area (Å²) in [6.07, 6.45) is 2.34. The molecule has 172 valence electrons. The van der Waals surface area contributed by atoms with Crippen molar-refractivity contribution < 1.29 is 0 Å². The van der Waals surface area contributed by atoms with E-state index in [4.69, 9.17) is 4.66 Å². The molecule has 0 unspecified atom stereocenters. The first-order chi connectivity index (χ1) is 14.5. The van der Waals surface area contributed by atoms with Gasteiger partial charge in [0, 0.05) is 5.70 Å². The van der Waals surface area contributed by atoms with Crippen LogP contribution in [0.3, 0.4) is 0 Å². The molecular formula is C28H42N2Si2. The van der Waals surface area contributed by atoms with Gasteiger partial charge < -0.3 is 4.23 Å². The van der Waals surface area contributed by atoms with Gasteiger partial charge in [0.25, 0.3) is 8.40 Å². The van der Waals surface area contributed by atoms with Crippen LogP contribution in [0, 0.1) is 0 Å². The highest BCUT2D eigenvalue weighted by Crippen LogP contribution is 2.37. The maximum atomic E-state index is 5.40. The summed E-state index contributed by atoms with van der Waals surface area (Å²) in [6, 6.07) is 18.3. The van der Waals surface area contributed by atoms with Crippen LogP contribution in [-0.4, -0.2) is 26.6 Å². The lowest BCUT2D eigenvalue weighted by molar-refractivity contribution is 0.590. The highest BCUT2D eigenvalue weighted by atomic mass is 28.4. The third-order valence-electron chi connectivity index (χ3n) is 6.22. The number of rotatable bonds is 3. The van der Waals surface area contributed by atoms with E-state index in [0.29, 0.717) is 0 Å². The molecule has 2 aromatic carbocycles. The zero-order chi connectivity index (χ0) is 24.1. The van der Waals surface area contributed by atoms with Crippen molar-refractivity contribution in [2.75, 3.05) is 0 Å². The van der Waals surface area contributed by atoms with Crippen molar-refractivity contribution in [1.29, 1.82) is 0 Å². The van der Waals surface area contributed by atoms with Crippen molar-refractivity contribution in [1.82, 2.24) is 4.23 Å². The number of benzene rings is 2. The first-order valence-electron chi connectivity index (χ1n) is 11.8. The maximum Gasteiger partial charge on any atom is 0.270 e. The van der Waals surface area contributed by atoms with Crippen LogP contribution in [0.4, 0.5) is 0 Å². The van der Waals surface area contributed by atoms with Crippen LogP contribution in [0.1, 0.15) is 63.8 Å². The van der Waals surface area contributed by atoms with E-state index in [0.717, 1.165) is 5.71 Å². The predicted octanol–water partition coefficient (Wildman–Crippen LogP) is 7.96. The molecule has 1 aliphatic heterocycles. The van der Waals surface area contributed by atoms with E-state index < -0.39 is 16.6 Å². The van der Waals surface area contributed by atoms with Crippen LogP contribution in [0.25, 0.3) is 5.70 Å². The van der Waals surface area contributed by atoms with E-state index in [-0.39, 0.29) is 10.8 Å². The molecule has 0 fully saturated rings. The van der Waals surface area contributed by atoms with E-state index in [1.807, 2.05) is 0 Å². The number of hydrogen-bond acceptors (Lipinski definition) is 2. The molecule has 3 rings (SSSR count). The SMILES string of the molecule is CC(C)(C)c1ccc(C2=CC(c3ccc(C(C)(C)C)cc3)=N[Si](C)(C)N2[Si](C)(C)C)cc1. The monoisotopic (exact) mass is 462 g/mol. The van der Waals surface area contributed by atoms with Crippen molar-refractivity contribution in [3.63, 3.8) is 0 Å². The van der Waals surface area contributed by atoms with Crippen molar-refractivity contribution >= 4 is 28.0 Å². The van der Waals surface area contributed by atoms with Gasteiger partial charge in [-0.15, -0.1) is 0 Å². The maximum absolute atomic E-state index is 5.40. The van der Waals surface area contributed by atoms with Crippen LogP contribution in [0.2, 0.25) is 32.7 Å². The van der Waals surface area contributed by atoms with Crippen molar-refractivity contribution in [3.8, 4) is 0 Å². The normalized spacial score (nSPS) is 17.2. The molecule has 32 heavy (non-hydrogen) atoms. The zero-order valence-electron chi connectivity index (χ0n) is 22.1. The molecule has 0 atom stereocenters. The lowest BCUT2D eigenvalue weighted by Crippen LogP contribution is -2.60. The Balaban J connectivity index is 2.12. The Hall–Kier alpha value is -1.92. The molecule has 2 nitrogen and oxygen atoms in total. The molecule has 0 radical (unpaired) electrons. The van der Waals surface area contributed by atoms with Gasteiger partial charge in [0.2, 0.25) is 0 Å². The van der Waals surface area contributed by atoms with E-state index in [1.54, 1.807) is 0 Å². The lowest BCUT2D eigenvalue weighted by atomic mass is 9.86. The van der Waals surface area contributed by atoms with Crippen LogP contribution >= 0.6 is 0 Å². The first-order valence-corrected chi connectivity index (χ1v) is 18.2. The Bertz CT molecular complexity index is 1020. The molecule has 0 saturated heterocycles. The van der Waals surface area contributed by atoms with Gasteiger partial charge in [0.05, 0.1) is 5.71 Å². The number of nitrogens with zero attached hydrogens (tertiary/aromatic N) is 2. The fourth-order valence-corrected chi connectivity index (χ4v) is 14.0. The van der Waals surface area contributed by atoms with Gasteiger partial charge in [0.15, 0.2) is 0 Å². The van der Waals surface area contributed by atoms with Crippen LogP contribution < -0.4 is 0 Å². The van der Waals surface area contributed by atoms with E-state index in [9.17, 15) is 0 Å². The Kier molecular flexibility index (Phi) is 6.29. The van der Waals surface area contributed by atoms with E-state index >= 15 is 0 Å². The number of allylic oxidation sites excluding steroid dienone is 1. The van der Waals surface area contributed by atoms with Gasteiger partial charge in [-0.1, -0.05) is 110 Å². The van der Waals surface area contributed by atoms with Crippen LogP contribution in [0.5, 0.6) is 0 Å². The molecule has 2 aromatic rings. The average molecular weight is 463 g/mol. The van der Waals surface area contributed by atoms with E-state index in [1.165, 1.54) is 28.0 Å². The van der Waals surface area contributed by atoms with Gasteiger partial charge in [0.1, 0.15) is 8.24 Å². The third-order valence-corrected chi connectivity index (χ3v) is 13.6. The van der Waals surface area contributed by atoms with Gasteiger partial charge in [-0.3, -0.25) is 4.66 Å². The smallest absolute Gasteiger partial charge is 0.270 e. The van der Waals surface area contributed by atoms with Gasteiger partial charge in [-0.2, -0.15) is 0 Å². The van der Waals surface area contributed by atoms with Crippen molar-refractivity contribution in [2.24, 2.45) is 4.66 Å². The lowest BCUT2D eigenvalue weighted by Gasteiger charge is -2.48. The Morgan fingerprint density at radius 3 is 1.47 bits per heavy atom. The standard InChI is InChI=1S/C28H42N2Si2/c1-27(2,3)23-16-12-21(13-17-23)25-20-26(30(31(7,8)9)32(10,11)29-25)22-14-18-24(19-15-22)28(4,5)6/h12-20H,1-11H3. The summed E-state index contributed by atoms with van der Waals surface area (Å²) in [6.45, 7) is 25.7. The molecule has 0 bridgehead atoms. The average Bonchev–Trinajstić information content (AvgIpc) is 2.64. The summed E-state index contributed by atoms with van der Waals surface area (Å²) in [4.78, 5) is 0. The second kappa shape index (κ2) is 8.14. The predicted molar refractivity (Wildman–Crippen MR) is 147 cm³/mol. The van der Waals surface area contributed by atoms with E-state index in [2.05, 4.69) is 133 Å². The molecule has 0 spiro atoms. The minimum absolute atomic E-state index is 0.158. The summed E-state index contributed by atoms with van der Waals surface area (Å²) in [5.74, 6) is 0. The van der Waals surface area contributed by atoms with Gasteiger partial charge in [-0.25, -0.2) is 0 Å². The van der Waals surface area contributed by atoms with Crippen LogP contribution in [0.15, 0.2) is 59.3 Å². The fourth-order valence-electron chi connectivity index (χ4n) is 4.69. The summed E-state index contributed by atoms with van der Waals surface area (Å²) in [5.41, 5.74) is 8.06. The summed E-state index contributed by atoms with van der Waals surface area (Å²) < 4.78 is 8.13. The summed E-state index contributed by atoms with van der Waals surface area (Å²) >= 11 is 0. The Morgan fingerprint density at radius 2 is 1.09 bits per heavy atom. The fraction of sp³-hybridized carbons (Fsp3) is 0.464. The molecule has 0 amide bonds. The third kappa shape index (κ3) is 5.18. The molecule has 0 aliphatic carbocycles. The quantitative estimate of drug-likeness (QED) is 0.422. The Labute approximate surface area is 198 Å². The molecule has 0 aromatic heterocycles.